The molecule has 1 aliphatic carbocycles. The minimum absolute atomic E-state index is 0.0551. The summed E-state index contributed by atoms with van der Waals surface area (Å²) in [6, 6.07) is 7.08. The van der Waals surface area contributed by atoms with Gasteiger partial charge in [-0.15, -0.1) is 0 Å². The number of aryl methyl sites for hydroxylation is 1. The van der Waals surface area contributed by atoms with E-state index in [0.29, 0.717) is 32.1 Å². The standard InChI is InChI=1S/C24H33NO6/c1-17-9-7-8-11-23(17)31-16-18(26)13-14-19-20(22(27)15-21(19)25-29)10-5-3-4-6-12-24(28)30-2/h3,5,7-9,11,18-21,26H,4,6,10,12-16H2,1-2H3/t18-,19-,20-,21?/m1/s1. The molecule has 7 nitrogen and oxygen atoms in total. The third kappa shape index (κ3) is 7.90. The highest BCUT2D eigenvalue weighted by molar-refractivity contribution is 5.84. The van der Waals surface area contributed by atoms with Gasteiger partial charge in [0.1, 0.15) is 24.2 Å². The van der Waals surface area contributed by atoms with Crippen LogP contribution in [0.25, 0.3) is 0 Å². The molecule has 31 heavy (non-hydrogen) atoms. The Morgan fingerprint density at radius 2 is 2.10 bits per heavy atom. The number of hydrogen-bond donors (Lipinski definition) is 1. The Bertz CT molecular complexity index is 762. The first-order chi connectivity index (χ1) is 15.0. The van der Waals surface area contributed by atoms with Gasteiger partial charge in [0.2, 0.25) is 0 Å². The maximum Gasteiger partial charge on any atom is 0.305 e. The number of allylic oxidation sites excluding steroid dienone is 2. The van der Waals surface area contributed by atoms with E-state index in [1.807, 2.05) is 43.3 Å². The Labute approximate surface area is 183 Å². The lowest BCUT2D eigenvalue weighted by molar-refractivity contribution is -0.140. The third-order valence-electron chi connectivity index (χ3n) is 5.86. The number of carbonyl (C=O) groups is 2. The van der Waals surface area contributed by atoms with Gasteiger partial charge < -0.3 is 14.6 Å². The number of methoxy groups -OCH3 is 1. The van der Waals surface area contributed by atoms with Crippen molar-refractivity contribution in [1.29, 1.82) is 0 Å². The van der Waals surface area contributed by atoms with Gasteiger partial charge in [0.25, 0.3) is 0 Å². The molecule has 170 valence electrons. The zero-order valence-corrected chi connectivity index (χ0v) is 18.4. The van der Waals surface area contributed by atoms with Crippen molar-refractivity contribution in [3.63, 3.8) is 0 Å². The summed E-state index contributed by atoms with van der Waals surface area (Å²) in [5.74, 6) is 0.130. The van der Waals surface area contributed by atoms with Crippen LogP contribution in [0, 0.1) is 23.7 Å². The molecule has 2 rings (SSSR count). The van der Waals surface area contributed by atoms with Gasteiger partial charge in [-0.05, 0) is 56.6 Å². The van der Waals surface area contributed by atoms with E-state index in [9.17, 15) is 19.6 Å². The van der Waals surface area contributed by atoms with Crippen molar-refractivity contribution in [3.8, 4) is 5.75 Å². The molecule has 1 saturated carbocycles. The summed E-state index contributed by atoms with van der Waals surface area (Å²) >= 11 is 0. The number of hydrogen-bond acceptors (Lipinski definition) is 7. The highest BCUT2D eigenvalue weighted by Crippen LogP contribution is 2.37. The van der Waals surface area contributed by atoms with Crippen molar-refractivity contribution >= 4 is 11.8 Å². The largest absolute Gasteiger partial charge is 0.491 e. The quantitative estimate of drug-likeness (QED) is 0.218. The molecule has 0 bridgehead atoms. The van der Waals surface area contributed by atoms with E-state index in [4.69, 9.17) is 4.74 Å². The molecule has 0 heterocycles. The Kier molecular flexibility index (Phi) is 10.4. The number of ether oxygens (including phenoxy) is 2. The van der Waals surface area contributed by atoms with E-state index < -0.39 is 12.1 Å². The van der Waals surface area contributed by atoms with Crippen molar-refractivity contribution in [1.82, 2.24) is 0 Å². The van der Waals surface area contributed by atoms with E-state index in [2.05, 4.69) is 9.91 Å². The molecular weight excluding hydrogens is 398 g/mol. The molecule has 1 unspecified atom stereocenters. The first-order valence-corrected chi connectivity index (χ1v) is 10.9. The molecule has 1 aliphatic rings. The molecule has 0 saturated heterocycles. The number of Topliss-reactive ketones (excluding diaryl/α,β-unsaturated/α-hetero) is 1. The number of ketones is 1. The van der Waals surface area contributed by atoms with Gasteiger partial charge in [-0.2, -0.15) is 4.91 Å². The number of nitrogens with zero attached hydrogens (tertiary/aromatic N) is 1. The van der Waals surface area contributed by atoms with Crippen LogP contribution in [0.3, 0.4) is 0 Å². The number of unbranched alkanes of at least 4 members (excludes halogenated alkanes) is 1. The van der Waals surface area contributed by atoms with E-state index in [1.54, 1.807) is 0 Å². The number of para-hydroxylation sites is 1. The normalized spacial score (nSPS) is 21.9. The second kappa shape index (κ2) is 13.0. The fraction of sp³-hybridized carbons (Fsp3) is 0.583. The molecular formula is C24H33NO6. The molecule has 0 aliphatic heterocycles. The summed E-state index contributed by atoms with van der Waals surface area (Å²) in [5.41, 5.74) is 1.000. The molecule has 1 N–H and O–H groups in total. The predicted octanol–water partition coefficient (Wildman–Crippen LogP) is 4.14. The molecule has 4 atom stereocenters. The van der Waals surface area contributed by atoms with Gasteiger partial charge in [0.05, 0.1) is 13.2 Å². The maximum absolute atomic E-state index is 12.4. The molecule has 1 aromatic carbocycles. The Hall–Kier alpha value is -2.54. The van der Waals surface area contributed by atoms with Gasteiger partial charge in [0, 0.05) is 18.8 Å². The maximum atomic E-state index is 12.4. The van der Waals surface area contributed by atoms with Crippen LogP contribution in [0.4, 0.5) is 0 Å². The minimum atomic E-state index is -0.683. The second-order valence-corrected chi connectivity index (χ2v) is 8.10. The average molecular weight is 432 g/mol. The molecule has 1 aromatic rings. The predicted molar refractivity (Wildman–Crippen MR) is 118 cm³/mol. The summed E-state index contributed by atoms with van der Waals surface area (Å²) in [7, 11) is 1.37. The van der Waals surface area contributed by atoms with Crippen LogP contribution < -0.4 is 4.74 Å². The van der Waals surface area contributed by atoms with Crippen LogP contribution in [0.15, 0.2) is 41.6 Å². The fourth-order valence-corrected chi connectivity index (χ4v) is 4.03. The topological polar surface area (TPSA) is 102 Å². The van der Waals surface area contributed by atoms with Gasteiger partial charge in [-0.25, -0.2) is 0 Å². The molecule has 1 fully saturated rings. The lowest BCUT2D eigenvalue weighted by atomic mass is 9.86. The van der Waals surface area contributed by atoms with Crippen LogP contribution in [0.2, 0.25) is 0 Å². The zero-order valence-electron chi connectivity index (χ0n) is 18.4. The van der Waals surface area contributed by atoms with E-state index in [0.717, 1.165) is 17.7 Å². The SMILES string of the molecule is COC(=O)CCCC=CC[C@H]1C(=O)CC(N=O)[C@@H]1CC[C@@H](O)COc1ccccc1C. The first kappa shape index (κ1) is 24.7. The van der Waals surface area contributed by atoms with Crippen LogP contribution in [0.5, 0.6) is 5.75 Å². The second-order valence-electron chi connectivity index (χ2n) is 8.10. The molecule has 0 radical (unpaired) electrons. The zero-order chi connectivity index (χ0) is 22.6. The van der Waals surface area contributed by atoms with E-state index in [1.165, 1.54) is 7.11 Å². The van der Waals surface area contributed by atoms with Gasteiger partial charge in [0.15, 0.2) is 0 Å². The average Bonchev–Trinajstić information content (AvgIpc) is 3.08. The van der Waals surface area contributed by atoms with Crippen molar-refractivity contribution in [2.45, 2.75) is 64.0 Å². The smallest absolute Gasteiger partial charge is 0.305 e. The molecule has 7 heteroatoms. The first-order valence-electron chi connectivity index (χ1n) is 10.9. The third-order valence-corrected chi connectivity index (χ3v) is 5.86. The summed E-state index contributed by atoms with van der Waals surface area (Å²) in [6.45, 7) is 2.11. The summed E-state index contributed by atoms with van der Waals surface area (Å²) in [4.78, 5) is 34.8. The van der Waals surface area contributed by atoms with Gasteiger partial charge in [-0.3, -0.25) is 9.59 Å². The lowest BCUT2D eigenvalue weighted by Crippen LogP contribution is -2.24. The molecule has 0 spiro atoms. The van der Waals surface area contributed by atoms with Gasteiger partial charge in [-0.1, -0.05) is 35.5 Å². The van der Waals surface area contributed by atoms with Gasteiger partial charge >= 0.3 is 5.97 Å². The summed E-state index contributed by atoms with van der Waals surface area (Å²) in [5, 5.41) is 13.5. The van der Waals surface area contributed by atoms with Crippen molar-refractivity contribution < 1.29 is 24.2 Å². The fourth-order valence-electron chi connectivity index (χ4n) is 4.03. The Balaban J connectivity index is 1.81. The Morgan fingerprint density at radius 1 is 1.32 bits per heavy atom. The number of carbonyl (C=O) groups excluding carboxylic acids is 2. The van der Waals surface area contributed by atoms with Crippen molar-refractivity contribution in [3.05, 3.63) is 46.9 Å². The number of nitroso groups, excluding NO2 is 1. The van der Waals surface area contributed by atoms with Crippen molar-refractivity contribution in [2.75, 3.05) is 13.7 Å². The molecule has 0 aromatic heterocycles. The Morgan fingerprint density at radius 3 is 2.81 bits per heavy atom. The highest BCUT2D eigenvalue weighted by atomic mass is 16.5. The monoisotopic (exact) mass is 431 g/mol. The van der Waals surface area contributed by atoms with Crippen LogP contribution in [-0.2, 0) is 14.3 Å². The minimum Gasteiger partial charge on any atom is -0.491 e. The highest BCUT2D eigenvalue weighted by Gasteiger charge is 2.42. The van der Waals surface area contributed by atoms with Crippen LogP contribution >= 0.6 is 0 Å². The van der Waals surface area contributed by atoms with E-state index in [-0.39, 0.29) is 36.6 Å². The number of aliphatic hydroxyl groups is 1. The number of esters is 1. The van der Waals surface area contributed by atoms with E-state index >= 15 is 0 Å². The van der Waals surface area contributed by atoms with Crippen LogP contribution in [0.1, 0.15) is 50.5 Å². The summed E-state index contributed by atoms with van der Waals surface area (Å²) < 4.78 is 10.3. The van der Waals surface area contributed by atoms with Crippen LogP contribution in [-0.4, -0.2) is 42.7 Å². The number of rotatable bonds is 13. The molecule has 0 amide bonds. The number of aliphatic hydroxyl groups excluding tert-OH is 1. The number of benzene rings is 1. The summed E-state index contributed by atoms with van der Waals surface area (Å²) in [6.07, 6.45) is 6.70. The van der Waals surface area contributed by atoms with Crippen molar-refractivity contribution in [2.24, 2.45) is 17.0 Å². The lowest BCUT2D eigenvalue weighted by Gasteiger charge is -2.21.